The summed E-state index contributed by atoms with van der Waals surface area (Å²) in [5.74, 6) is 0.323. The number of phenolic OH excluding ortho intramolecular Hbond substituents is 2. The Morgan fingerprint density at radius 3 is 1.94 bits per heavy atom. The summed E-state index contributed by atoms with van der Waals surface area (Å²) in [7, 11) is 0. The molecule has 0 saturated carbocycles. The monoisotopic (exact) mass is 1200 g/mol. The van der Waals surface area contributed by atoms with Gasteiger partial charge in [0.1, 0.15) is 48.3 Å². The molecule has 450 valence electrons. The lowest BCUT2D eigenvalue weighted by atomic mass is 9.85. The molecule has 20 nitrogen and oxygen atoms in total. The number of aryl methyl sites for hydroxylation is 1. The van der Waals surface area contributed by atoms with Crippen molar-refractivity contribution in [3.8, 4) is 49.6 Å². The molecule has 0 bridgehead atoms. The number of hydrogen-bond acceptors (Lipinski definition) is 18. The van der Waals surface area contributed by atoms with Gasteiger partial charge in [-0.25, -0.2) is 10.4 Å². The lowest BCUT2D eigenvalue weighted by Gasteiger charge is -2.35. The van der Waals surface area contributed by atoms with Gasteiger partial charge in [0.2, 0.25) is 17.7 Å². The summed E-state index contributed by atoms with van der Waals surface area (Å²) >= 11 is 3.03. The summed E-state index contributed by atoms with van der Waals surface area (Å²) in [5.41, 5.74) is 8.51. The number of carbonyl (C=O) groups is 4. The Morgan fingerprint density at radius 1 is 0.729 bits per heavy atom. The molecule has 1 aliphatic rings. The number of phenols is 2. The number of rotatable bonds is 30. The highest BCUT2D eigenvalue weighted by atomic mass is 32.1. The van der Waals surface area contributed by atoms with E-state index in [9.17, 15) is 34.5 Å². The van der Waals surface area contributed by atoms with Crippen LogP contribution in [0, 0.1) is 12.3 Å². The fourth-order valence-electron chi connectivity index (χ4n) is 9.12. The van der Waals surface area contributed by atoms with Crippen LogP contribution in [0.2, 0.25) is 0 Å². The summed E-state index contributed by atoms with van der Waals surface area (Å²) in [4.78, 5) is 61.2. The van der Waals surface area contributed by atoms with Crippen molar-refractivity contribution in [2.45, 2.75) is 65.3 Å². The Kier molecular flexibility index (Phi) is 22.9. The van der Waals surface area contributed by atoms with Crippen molar-refractivity contribution in [2.24, 2.45) is 10.5 Å². The minimum atomic E-state index is -0.984. The molecule has 4 amide bonds. The summed E-state index contributed by atoms with van der Waals surface area (Å²) < 4.78 is 40.8. The second-order valence-corrected chi connectivity index (χ2v) is 23.0. The van der Waals surface area contributed by atoms with E-state index >= 15 is 0 Å². The zero-order chi connectivity index (χ0) is 60.3. The number of hydrazone groups is 1. The molecule has 1 saturated heterocycles. The molecule has 85 heavy (non-hydrogen) atoms. The van der Waals surface area contributed by atoms with E-state index in [1.54, 1.807) is 90.2 Å². The number of aromatic hydroxyl groups is 2. The van der Waals surface area contributed by atoms with Gasteiger partial charge in [0.25, 0.3) is 5.91 Å². The van der Waals surface area contributed by atoms with Crippen LogP contribution in [0.15, 0.2) is 126 Å². The number of fused-ring (bicyclic) bond motifs is 1. The van der Waals surface area contributed by atoms with E-state index in [2.05, 4.69) is 26.1 Å². The number of aliphatic hydroxyl groups excluding tert-OH is 1. The third kappa shape index (κ3) is 18.4. The van der Waals surface area contributed by atoms with E-state index in [0.717, 1.165) is 47.8 Å². The van der Waals surface area contributed by atoms with Crippen molar-refractivity contribution in [3.05, 3.63) is 143 Å². The van der Waals surface area contributed by atoms with Crippen molar-refractivity contribution < 1.29 is 67.7 Å². The zero-order valence-electron chi connectivity index (χ0n) is 48.1. The van der Waals surface area contributed by atoms with Crippen molar-refractivity contribution in [2.75, 3.05) is 79.2 Å². The highest BCUT2D eigenvalue weighted by Gasteiger charge is 2.44. The standard InChI is InChI=1S/C63H72N6O14S2/c1-40(43-8-10-44(11-9-43)57-41(2)64-39-84-57)66-61(75)53-34-49(72)37-69(53)62(76)59(63(3,4)5)67-55(73)38-81-31-30-79-27-26-77-24-25-78-28-29-80-32-33-82-50-19-6-42(7-20-50)36-65-68-60(74)46-14-21-51(22-15-46)83-56-52-23-18-48(71)35-54(52)85-58(56)45-12-16-47(70)17-13-45/h6-23,35-36,39-40,49,53,59,70-72H,24-34,37-38H2,1-5H3,(H,66,75)(H,67,73)(H,68,74)/b65-36+/t40-,49+,53-,59+/m0/s1. The van der Waals surface area contributed by atoms with Gasteiger partial charge in [0, 0.05) is 28.6 Å². The first-order valence-electron chi connectivity index (χ1n) is 27.9. The second kappa shape index (κ2) is 30.8. The summed E-state index contributed by atoms with van der Waals surface area (Å²) in [6, 6.07) is 31.4. The van der Waals surface area contributed by atoms with Gasteiger partial charge in [0.05, 0.1) is 98.8 Å². The van der Waals surface area contributed by atoms with Crippen LogP contribution < -0.4 is 25.5 Å². The molecule has 0 spiro atoms. The van der Waals surface area contributed by atoms with Crippen LogP contribution in [0.25, 0.3) is 31.0 Å². The average Bonchev–Trinajstić information content (AvgIpc) is 2.25. The van der Waals surface area contributed by atoms with Crippen LogP contribution in [0.1, 0.15) is 67.3 Å². The SMILES string of the molecule is Cc1ncsc1-c1ccc([C@H](C)NC(=O)[C@@H]2C[C@@H](O)CN2C(=O)[C@@H](NC(=O)COCCOCCOCCOCCOCCOc2ccc(/C=N/NC(=O)c3ccc(Oc4c(-c5ccc(O)cc5)sc5cc(O)ccc45)cc3)cc2)C(C)(C)C)cc1. The smallest absolute Gasteiger partial charge is 0.271 e. The van der Waals surface area contributed by atoms with Crippen LogP contribution >= 0.6 is 22.7 Å². The molecule has 6 N–H and O–H groups in total. The van der Waals surface area contributed by atoms with E-state index in [1.807, 2.05) is 76.5 Å². The number of β-amino-alcohol motifs (C(OH)–C–C–N with tert-alkyl or cyclic N) is 1. The fourth-order valence-corrected chi connectivity index (χ4v) is 11.1. The number of aliphatic hydroxyl groups is 1. The van der Waals surface area contributed by atoms with Gasteiger partial charge in [-0.3, -0.25) is 19.2 Å². The topological polar surface area (TPSA) is 258 Å². The Morgan fingerprint density at radius 2 is 1.32 bits per heavy atom. The van der Waals surface area contributed by atoms with Crippen LogP contribution in [-0.4, -0.2) is 152 Å². The molecular formula is C63H72N6O14S2. The number of carbonyl (C=O) groups excluding carboxylic acids is 4. The quantitative estimate of drug-likeness (QED) is 0.0140. The lowest BCUT2D eigenvalue weighted by molar-refractivity contribution is -0.144. The number of nitrogens with one attached hydrogen (secondary N) is 3. The largest absolute Gasteiger partial charge is 0.508 e. The molecule has 8 rings (SSSR count). The molecule has 5 aromatic carbocycles. The number of hydrogen-bond donors (Lipinski definition) is 6. The average molecular weight is 1200 g/mol. The Hall–Kier alpha value is -7.80. The van der Waals surface area contributed by atoms with Crippen LogP contribution in [0.5, 0.6) is 28.7 Å². The van der Waals surface area contributed by atoms with E-state index in [4.69, 9.17) is 33.2 Å². The number of amides is 4. The van der Waals surface area contributed by atoms with E-state index in [1.165, 1.54) is 22.5 Å². The second-order valence-electron chi connectivity index (χ2n) is 21.1. The van der Waals surface area contributed by atoms with Crippen LogP contribution in [-0.2, 0) is 38.1 Å². The number of thiophene rings is 1. The van der Waals surface area contributed by atoms with Crippen molar-refractivity contribution in [1.29, 1.82) is 0 Å². The molecule has 3 heterocycles. The molecule has 4 atom stereocenters. The van der Waals surface area contributed by atoms with Crippen LogP contribution in [0.3, 0.4) is 0 Å². The fraction of sp³-hybridized carbons (Fsp3) is 0.365. The van der Waals surface area contributed by atoms with E-state index in [0.29, 0.717) is 75.7 Å². The summed E-state index contributed by atoms with van der Waals surface area (Å²) in [6.45, 7) is 12.2. The Bertz CT molecular complexity index is 3330. The van der Waals surface area contributed by atoms with Gasteiger partial charge in [-0.05, 0) is 133 Å². The molecule has 0 aliphatic carbocycles. The third-order valence-corrected chi connectivity index (χ3v) is 15.8. The Balaban J connectivity index is 0.625. The summed E-state index contributed by atoms with van der Waals surface area (Å²) in [6.07, 6.45) is 0.722. The van der Waals surface area contributed by atoms with Gasteiger partial charge < -0.3 is 64.0 Å². The molecule has 0 unspecified atom stereocenters. The zero-order valence-corrected chi connectivity index (χ0v) is 49.7. The maximum absolute atomic E-state index is 14.0. The molecule has 7 aromatic rings. The maximum Gasteiger partial charge on any atom is 0.271 e. The molecule has 22 heteroatoms. The third-order valence-electron chi connectivity index (χ3n) is 13.6. The van der Waals surface area contributed by atoms with Crippen molar-refractivity contribution in [3.63, 3.8) is 0 Å². The first-order chi connectivity index (χ1) is 41.0. The normalized spacial score (nSPS) is 15.0. The molecular weight excluding hydrogens is 1130 g/mol. The number of ether oxygens (including phenoxy) is 7. The van der Waals surface area contributed by atoms with Gasteiger partial charge in [-0.2, -0.15) is 5.10 Å². The lowest BCUT2D eigenvalue weighted by Crippen LogP contribution is -2.58. The van der Waals surface area contributed by atoms with Gasteiger partial charge in [-0.15, -0.1) is 22.7 Å². The molecule has 1 aliphatic heterocycles. The molecule has 0 radical (unpaired) electrons. The highest BCUT2D eigenvalue weighted by molar-refractivity contribution is 7.22. The predicted octanol–water partition coefficient (Wildman–Crippen LogP) is 8.80. The Labute approximate surface area is 501 Å². The number of thiazole rings is 1. The van der Waals surface area contributed by atoms with Crippen LogP contribution in [0.4, 0.5) is 0 Å². The summed E-state index contributed by atoms with van der Waals surface area (Å²) in [5, 5.41) is 41.2. The van der Waals surface area contributed by atoms with Crippen molar-refractivity contribution >= 4 is 62.6 Å². The predicted molar refractivity (Wildman–Crippen MR) is 325 cm³/mol. The number of nitrogens with zero attached hydrogens (tertiary/aromatic N) is 3. The van der Waals surface area contributed by atoms with Gasteiger partial charge in [-0.1, -0.05) is 45.0 Å². The molecule has 2 aromatic heterocycles. The van der Waals surface area contributed by atoms with Gasteiger partial charge >= 0.3 is 0 Å². The number of benzene rings is 5. The van der Waals surface area contributed by atoms with Crippen molar-refractivity contribution in [1.82, 2.24) is 25.9 Å². The highest BCUT2D eigenvalue weighted by Crippen LogP contribution is 2.47. The minimum absolute atomic E-state index is 0.0320. The van der Waals surface area contributed by atoms with E-state index < -0.39 is 41.3 Å². The van der Waals surface area contributed by atoms with E-state index in [-0.39, 0.29) is 56.2 Å². The maximum atomic E-state index is 14.0. The number of aromatic nitrogens is 1. The first kappa shape index (κ1) is 63.2. The van der Waals surface area contributed by atoms with Gasteiger partial charge in [0.15, 0.2) is 5.75 Å². The number of likely N-dealkylation sites (tertiary alicyclic amines) is 1. The minimum Gasteiger partial charge on any atom is -0.508 e. The molecule has 1 fully saturated rings. The first-order valence-corrected chi connectivity index (χ1v) is 29.6.